The van der Waals surface area contributed by atoms with Gasteiger partial charge in [0.2, 0.25) is 0 Å². The van der Waals surface area contributed by atoms with E-state index < -0.39 is 0 Å². The molecule has 0 aliphatic carbocycles. The first kappa shape index (κ1) is 22.2. The molecular weight excluding hydrogens is 440 g/mol. The van der Waals surface area contributed by atoms with Gasteiger partial charge in [-0.15, -0.1) is 0 Å². The van der Waals surface area contributed by atoms with E-state index in [1.165, 1.54) is 0 Å². The normalized spacial score (nSPS) is 11.4. The number of aromatic nitrogens is 4. The van der Waals surface area contributed by atoms with E-state index >= 15 is 0 Å². The van der Waals surface area contributed by atoms with Gasteiger partial charge in [-0.1, -0.05) is 26.8 Å². The summed E-state index contributed by atoms with van der Waals surface area (Å²) in [5.41, 5.74) is 3.18. The van der Waals surface area contributed by atoms with Crippen LogP contribution in [0.25, 0.3) is 16.6 Å². The van der Waals surface area contributed by atoms with Crippen LogP contribution in [0.5, 0.6) is 11.5 Å². The lowest BCUT2D eigenvalue weighted by molar-refractivity contribution is 0.262. The smallest absolute Gasteiger partial charge is 0.324 e. The SMILES string of the molecule is CC(C)(C)c1cc(NC(=O)Nc2cccc(Oc3cccnc3)c2)n(-c2ccc3[nH]ccc3c2)n1. The van der Waals surface area contributed by atoms with Crippen molar-refractivity contribution in [3.8, 4) is 17.2 Å². The molecule has 0 unspecified atom stereocenters. The molecule has 3 heterocycles. The molecule has 0 fully saturated rings. The Labute approximate surface area is 203 Å². The molecule has 8 nitrogen and oxygen atoms in total. The Morgan fingerprint density at radius 3 is 2.63 bits per heavy atom. The molecule has 0 saturated heterocycles. The van der Waals surface area contributed by atoms with E-state index in [2.05, 4.69) is 41.4 Å². The van der Waals surface area contributed by atoms with E-state index in [0.29, 0.717) is 23.0 Å². The lowest BCUT2D eigenvalue weighted by Gasteiger charge is -2.14. The maximum Gasteiger partial charge on any atom is 0.324 e. The molecule has 8 heteroatoms. The largest absolute Gasteiger partial charge is 0.456 e. The fourth-order valence-electron chi connectivity index (χ4n) is 3.67. The van der Waals surface area contributed by atoms with Crippen molar-refractivity contribution < 1.29 is 9.53 Å². The number of carbonyl (C=O) groups is 1. The van der Waals surface area contributed by atoms with Crippen LogP contribution in [0.2, 0.25) is 0 Å². The van der Waals surface area contributed by atoms with E-state index in [1.54, 1.807) is 35.3 Å². The van der Waals surface area contributed by atoms with Crippen LogP contribution < -0.4 is 15.4 Å². The van der Waals surface area contributed by atoms with Crippen molar-refractivity contribution >= 4 is 28.4 Å². The van der Waals surface area contributed by atoms with Crippen molar-refractivity contribution in [2.75, 3.05) is 10.6 Å². The fraction of sp³-hybridized carbons (Fsp3) is 0.148. The third-order valence-corrected chi connectivity index (χ3v) is 5.46. The van der Waals surface area contributed by atoms with Gasteiger partial charge in [0, 0.05) is 46.5 Å². The summed E-state index contributed by atoms with van der Waals surface area (Å²) in [5, 5.41) is 11.7. The van der Waals surface area contributed by atoms with Crippen LogP contribution in [0.15, 0.2) is 85.3 Å². The minimum Gasteiger partial charge on any atom is -0.456 e. The summed E-state index contributed by atoms with van der Waals surface area (Å²) < 4.78 is 7.57. The zero-order valence-electron chi connectivity index (χ0n) is 19.7. The second-order valence-corrected chi connectivity index (χ2v) is 9.22. The molecule has 35 heavy (non-hydrogen) atoms. The molecule has 5 rings (SSSR count). The highest BCUT2D eigenvalue weighted by Crippen LogP contribution is 2.28. The Morgan fingerprint density at radius 2 is 1.83 bits per heavy atom. The van der Waals surface area contributed by atoms with Gasteiger partial charge in [0.15, 0.2) is 0 Å². The number of benzene rings is 2. The van der Waals surface area contributed by atoms with Gasteiger partial charge in [-0.25, -0.2) is 9.48 Å². The number of hydrogen-bond donors (Lipinski definition) is 3. The average molecular weight is 467 g/mol. The Morgan fingerprint density at radius 1 is 0.971 bits per heavy atom. The fourth-order valence-corrected chi connectivity index (χ4v) is 3.67. The molecule has 0 spiro atoms. The number of aromatic amines is 1. The number of fused-ring (bicyclic) bond motifs is 1. The molecule has 2 amide bonds. The summed E-state index contributed by atoms with van der Waals surface area (Å²) >= 11 is 0. The Balaban J connectivity index is 1.38. The predicted molar refractivity (Wildman–Crippen MR) is 138 cm³/mol. The second-order valence-electron chi connectivity index (χ2n) is 9.22. The van der Waals surface area contributed by atoms with E-state index in [1.807, 2.05) is 54.7 Å². The van der Waals surface area contributed by atoms with E-state index in [-0.39, 0.29) is 11.4 Å². The third kappa shape index (κ3) is 5.01. The first-order chi connectivity index (χ1) is 16.8. The van der Waals surface area contributed by atoms with Crippen LogP contribution in [0.1, 0.15) is 26.5 Å². The summed E-state index contributed by atoms with van der Waals surface area (Å²) in [5.74, 6) is 1.79. The molecule has 176 valence electrons. The minimum atomic E-state index is -0.382. The molecule has 0 saturated carbocycles. The number of ether oxygens (including phenoxy) is 1. The monoisotopic (exact) mass is 466 g/mol. The summed E-state index contributed by atoms with van der Waals surface area (Å²) in [6, 6.07) is 20.3. The number of nitrogens with one attached hydrogen (secondary N) is 3. The van der Waals surface area contributed by atoms with Gasteiger partial charge >= 0.3 is 6.03 Å². The minimum absolute atomic E-state index is 0.186. The highest BCUT2D eigenvalue weighted by Gasteiger charge is 2.22. The maximum atomic E-state index is 12.9. The van der Waals surface area contributed by atoms with Crippen LogP contribution >= 0.6 is 0 Å². The summed E-state index contributed by atoms with van der Waals surface area (Å²) in [4.78, 5) is 20.2. The number of hydrogen-bond acceptors (Lipinski definition) is 4. The zero-order chi connectivity index (χ0) is 24.4. The molecule has 0 atom stereocenters. The van der Waals surface area contributed by atoms with Gasteiger partial charge in [-0.3, -0.25) is 10.3 Å². The molecule has 0 radical (unpaired) electrons. The highest BCUT2D eigenvalue weighted by atomic mass is 16.5. The lowest BCUT2D eigenvalue weighted by atomic mass is 9.92. The second kappa shape index (κ2) is 8.98. The van der Waals surface area contributed by atoms with Crippen LogP contribution in [-0.2, 0) is 5.41 Å². The van der Waals surface area contributed by atoms with Crippen LogP contribution in [0.3, 0.4) is 0 Å². The van der Waals surface area contributed by atoms with Crippen LogP contribution in [0.4, 0.5) is 16.3 Å². The average Bonchev–Trinajstić information content (AvgIpc) is 3.46. The third-order valence-electron chi connectivity index (χ3n) is 5.46. The standard InChI is InChI=1S/C27H26N6O2/c1-27(2,3)24-16-25(33(32-24)20-9-10-23-18(14-20)11-13-29-23)31-26(34)30-19-6-4-7-21(15-19)35-22-8-5-12-28-17-22/h4-17,29H,1-3H3,(H2,30,31,34). The topological polar surface area (TPSA) is 96.9 Å². The van der Waals surface area contributed by atoms with E-state index in [4.69, 9.17) is 9.84 Å². The zero-order valence-corrected chi connectivity index (χ0v) is 19.7. The Kier molecular flexibility index (Phi) is 5.70. The number of H-pyrrole nitrogens is 1. The van der Waals surface area contributed by atoms with Gasteiger partial charge < -0.3 is 15.0 Å². The Bertz CT molecular complexity index is 1480. The molecular formula is C27H26N6O2. The summed E-state index contributed by atoms with van der Waals surface area (Å²) in [6.45, 7) is 6.27. The Hall–Kier alpha value is -4.59. The predicted octanol–water partition coefficient (Wildman–Crippen LogP) is 6.48. The number of urea groups is 1. The van der Waals surface area contributed by atoms with Crippen molar-refractivity contribution in [1.29, 1.82) is 0 Å². The first-order valence-corrected chi connectivity index (χ1v) is 11.3. The molecule has 0 bridgehead atoms. The van der Waals surface area contributed by atoms with E-state index in [0.717, 1.165) is 22.3 Å². The van der Waals surface area contributed by atoms with Crippen molar-refractivity contribution in [2.24, 2.45) is 0 Å². The van der Waals surface area contributed by atoms with Gasteiger partial charge in [-0.2, -0.15) is 5.10 Å². The maximum absolute atomic E-state index is 12.9. The van der Waals surface area contributed by atoms with Crippen molar-refractivity contribution in [2.45, 2.75) is 26.2 Å². The molecule has 3 aromatic heterocycles. The number of amides is 2. The van der Waals surface area contributed by atoms with E-state index in [9.17, 15) is 4.79 Å². The van der Waals surface area contributed by atoms with Crippen LogP contribution in [0, 0.1) is 0 Å². The number of pyridine rings is 1. The summed E-state index contributed by atoms with van der Waals surface area (Å²) in [7, 11) is 0. The van der Waals surface area contributed by atoms with Crippen LogP contribution in [-0.4, -0.2) is 25.8 Å². The number of carbonyl (C=O) groups excluding carboxylic acids is 1. The number of anilines is 2. The summed E-state index contributed by atoms with van der Waals surface area (Å²) in [6.07, 6.45) is 5.21. The van der Waals surface area contributed by atoms with Gasteiger partial charge in [0.05, 0.1) is 17.6 Å². The quantitative estimate of drug-likeness (QED) is 0.276. The molecule has 2 aromatic carbocycles. The highest BCUT2D eigenvalue weighted by molar-refractivity contribution is 5.99. The van der Waals surface area contributed by atoms with Crippen molar-refractivity contribution in [3.05, 3.63) is 91.0 Å². The van der Waals surface area contributed by atoms with Gasteiger partial charge in [0.1, 0.15) is 17.3 Å². The molecule has 0 aliphatic rings. The first-order valence-electron chi connectivity index (χ1n) is 11.3. The molecule has 5 aromatic rings. The lowest BCUT2D eigenvalue weighted by Crippen LogP contribution is -2.21. The van der Waals surface area contributed by atoms with Crippen molar-refractivity contribution in [1.82, 2.24) is 19.7 Å². The van der Waals surface area contributed by atoms with Gasteiger partial charge in [-0.05, 0) is 48.5 Å². The molecule has 0 aliphatic heterocycles. The number of rotatable bonds is 5. The number of nitrogens with zero attached hydrogens (tertiary/aromatic N) is 3. The van der Waals surface area contributed by atoms with Crippen molar-refractivity contribution in [3.63, 3.8) is 0 Å². The molecule has 3 N–H and O–H groups in total. The van der Waals surface area contributed by atoms with Gasteiger partial charge in [0.25, 0.3) is 0 Å².